The Labute approximate surface area is 222 Å². The third-order valence-electron chi connectivity index (χ3n) is 7.03. The summed E-state index contributed by atoms with van der Waals surface area (Å²) < 4.78 is 1.18. The molecule has 8 bridgehead atoms. The molecule has 2 aromatic heterocycles. The Hall–Kier alpha value is -1.79. The molecule has 6 heteroatoms. The van der Waals surface area contributed by atoms with Gasteiger partial charge in [0.25, 0.3) is 0 Å². The fraction of sp³-hybridized carbons (Fsp3) is 0.333. The molecule has 0 N–H and O–H groups in total. The van der Waals surface area contributed by atoms with Crippen molar-refractivity contribution in [2.45, 2.75) is 60.3 Å². The van der Waals surface area contributed by atoms with Crippen LogP contribution < -0.4 is 9.97 Å². The van der Waals surface area contributed by atoms with E-state index in [0.29, 0.717) is 0 Å². The molecule has 164 valence electrons. The maximum Gasteiger partial charge on any atom is 2.00 e. The van der Waals surface area contributed by atoms with Crippen LogP contribution in [0.5, 0.6) is 0 Å². The monoisotopic (exact) mass is 598 g/mol. The van der Waals surface area contributed by atoms with Gasteiger partial charge in [0.1, 0.15) is 0 Å². The number of aryl methyl sites for hydroxylation is 2. The Bertz CT molecular complexity index is 1430. The van der Waals surface area contributed by atoms with Crippen LogP contribution in [0.15, 0.2) is 24.3 Å². The largest absolute Gasteiger partial charge is 2.00 e. The van der Waals surface area contributed by atoms with E-state index in [-0.39, 0.29) is 24.9 Å². The predicted molar refractivity (Wildman–Crippen MR) is 141 cm³/mol. The number of rotatable bonds is 0. The van der Waals surface area contributed by atoms with Gasteiger partial charge in [-0.1, -0.05) is 49.2 Å². The van der Waals surface area contributed by atoms with E-state index < -0.39 is 0 Å². The van der Waals surface area contributed by atoms with Crippen LogP contribution >= 0.6 is 22.6 Å². The first-order chi connectivity index (χ1) is 15.0. The minimum absolute atomic E-state index is 0. The molecule has 0 saturated carbocycles. The third kappa shape index (κ3) is 4.03. The number of hydrogen-bond acceptors (Lipinski definition) is 2. The summed E-state index contributed by atoms with van der Waals surface area (Å²) in [5, 5.41) is 0. The van der Waals surface area contributed by atoms with Gasteiger partial charge < -0.3 is 9.97 Å². The summed E-state index contributed by atoms with van der Waals surface area (Å²) >= 11 is 2.41. The van der Waals surface area contributed by atoms with Crippen LogP contribution in [0.25, 0.3) is 31.3 Å². The predicted octanol–water partition coefficient (Wildman–Crippen LogP) is 6.70. The fourth-order valence-corrected chi connectivity index (χ4v) is 5.03. The van der Waals surface area contributed by atoms with E-state index in [2.05, 4.69) is 95.3 Å². The van der Waals surface area contributed by atoms with Crippen molar-refractivity contribution in [2.75, 3.05) is 0 Å². The SMILES string of the molecule is CC1=C(C)c2cc3[n-]c(cc4nc(cc5[n-]c(cc1n2)CC5(C)C)C(I)=C4C)c(C)c3C.[Zn+2]. The van der Waals surface area contributed by atoms with E-state index in [1.54, 1.807) is 0 Å². The van der Waals surface area contributed by atoms with Crippen molar-refractivity contribution in [1.29, 1.82) is 0 Å². The molecule has 2 aromatic rings. The zero-order valence-electron chi connectivity index (χ0n) is 20.4. The molecule has 0 fully saturated rings. The van der Waals surface area contributed by atoms with Crippen molar-refractivity contribution in [1.82, 2.24) is 19.9 Å². The molecule has 3 aliphatic heterocycles. The molecule has 0 aliphatic carbocycles. The van der Waals surface area contributed by atoms with E-state index in [4.69, 9.17) is 19.9 Å². The summed E-state index contributed by atoms with van der Waals surface area (Å²) in [5.41, 5.74) is 14.0. The first kappa shape index (κ1) is 24.3. The molecular formula is C27H27IN4Zn. The first-order valence-corrected chi connectivity index (χ1v) is 12.1. The minimum atomic E-state index is -0.0421. The number of fused-ring (bicyclic) bond motifs is 8. The van der Waals surface area contributed by atoms with Crippen LogP contribution in [0, 0.1) is 13.8 Å². The zero-order chi connectivity index (χ0) is 22.9. The Kier molecular flexibility index (Phi) is 6.24. The van der Waals surface area contributed by atoms with E-state index in [1.165, 1.54) is 31.4 Å². The second-order valence-corrected chi connectivity index (χ2v) is 10.8. The molecule has 0 aromatic carbocycles. The summed E-state index contributed by atoms with van der Waals surface area (Å²) in [6.07, 6.45) is 0.893. The van der Waals surface area contributed by atoms with Gasteiger partial charge in [-0.2, -0.15) is 11.4 Å². The molecule has 5 rings (SSSR count). The summed E-state index contributed by atoms with van der Waals surface area (Å²) in [6.45, 7) is 15.2. The Morgan fingerprint density at radius 2 is 1.24 bits per heavy atom. The van der Waals surface area contributed by atoms with Crippen molar-refractivity contribution < 1.29 is 19.5 Å². The average Bonchev–Trinajstić information content (AvgIpc) is 3.35. The topological polar surface area (TPSA) is 54.0 Å². The number of hydrogen-bond donors (Lipinski definition) is 0. The molecule has 3 aliphatic rings. The smallest absolute Gasteiger partial charge is 0.664 e. The normalized spacial score (nSPS) is 16.1. The standard InChI is InChI=1S/C27H27IN4.Zn/c1-13-14(2)20-9-21-15(3)16(4)22(31-21)10-23-17(5)26(28)24(32-23)11-25-27(6,7)12-18(29-25)8-19(13)30-20;/h8-11H,12H2,1-7H3;/q-2;+2. The van der Waals surface area contributed by atoms with Crippen molar-refractivity contribution in [3.05, 3.63) is 69.6 Å². The second kappa shape index (κ2) is 8.46. The fourth-order valence-electron chi connectivity index (χ4n) is 4.48. The van der Waals surface area contributed by atoms with Crippen LogP contribution in [0.2, 0.25) is 0 Å². The van der Waals surface area contributed by atoms with Gasteiger partial charge in [0.2, 0.25) is 0 Å². The number of halogens is 1. The number of nitrogens with zero attached hydrogens (tertiary/aromatic N) is 4. The minimum Gasteiger partial charge on any atom is -0.664 e. The van der Waals surface area contributed by atoms with Gasteiger partial charge in [-0.15, -0.1) is 11.0 Å². The van der Waals surface area contributed by atoms with E-state index >= 15 is 0 Å². The van der Waals surface area contributed by atoms with Crippen molar-refractivity contribution in [3.8, 4) is 0 Å². The van der Waals surface area contributed by atoms with Gasteiger partial charge in [-0.25, -0.2) is 9.97 Å². The van der Waals surface area contributed by atoms with E-state index in [1.807, 2.05) is 0 Å². The van der Waals surface area contributed by atoms with Crippen molar-refractivity contribution >= 4 is 53.9 Å². The summed E-state index contributed by atoms with van der Waals surface area (Å²) in [4.78, 5) is 20.0. The van der Waals surface area contributed by atoms with Gasteiger partial charge >= 0.3 is 19.5 Å². The van der Waals surface area contributed by atoms with Crippen LogP contribution in [-0.4, -0.2) is 9.97 Å². The second-order valence-electron chi connectivity index (χ2n) is 9.71. The molecule has 5 heterocycles. The van der Waals surface area contributed by atoms with Gasteiger partial charge in [0.15, 0.2) is 0 Å². The molecule has 0 spiro atoms. The Morgan fingerprint density at radius 3 is 1.85 bits per heavy atom. The van der Waals surface area contributed by atoms with E-state index in [9.17, 15) is 0 Å². The number of aromatic nitrogens is 4. The van der Waals surface area contributed by atoms with Gasteiger partial charge in [-0.05, 0) is 85.8 Å². The molecule has 0 atom stereocenters. The summed E-state index contributed by atoms with van der Waals surface area (Å²) in [7, 11) is 0. The molecule has 0 radical (unpaired) electrons. The molecular weight excluding hydrogens is 573 g/mol. The Balaban J connectivity index is 0.00000259. The Morgan fingerprint density at radius 1 is 0.727 bits per heavy atom. The first-order valence-electron chi connectivity index (χ1n) is 11.0. The number of allylic oxidation sites excluding steroid dienone is 3. The van der Waals surface area contributed by atoms with E-state index in [0.717, 1.165) is 51.6 Å². The van der Waals surface area contributed by atoms with Crippen molar-refractivity contribution in [2.24, 2.45) is 0 Å². The average molecular weight is 600 g/mol. The molecule has 0 amide bonds. The van der Waals surface area contributed by atoms with Crippen LogP contribution in [0.1, 0.15) is 79.9 Å². The molecule has 33 heavy (non-hydrogen) atoms. The maximum absolute atomic E-state index is 5.02. The van der Waals surface area contributed by atoms with Gasteiger partial charge in [0, 0.05) is 3.58 Å². The van der Waals surface area contributed by atoms with Crippen LogP contribution in [0.3, 0.4) is 0 Å². The van der Waals surface area contributed by atoms with Crippen LogP contribution in [-0.2, 0) is 31.3 Å². The molecule has 4 nitrogen and oxygen atoms in total. The summed E-state index contributed by atoms with van der Waals surface area (Å²) in [5.74, 6) is 0. The molecule has 0 saturated heterocycles. The van der Waals surface area contributed by atoms with Crippen LogP contribution in [0.4, 0.5) is 0 Å². The third-order valence-corrected chi connectivity index (χ3v) is 8.39. The molecule has 0 unspecified atom stereocenters. The van der Waals surface area contributed by atoms with Gasteiger partial charge in [-0.3, -0.25) is 0 Å². The zero-order valence-corrected chi connectivity index (χ0v) is 25.5. The quantitative estimate of drug-likeness (QED) is 0.250. The van der Waals surface area contributed by atoms with Crippen molar-refractivity contribution in [3.63, 3.8) is 0 Å². The maximum atomic E-state index is 5.02. The van der Waals surface area contributed by atoms with Gasteiger partial charge in [0.05, 0.1) is 22.8 Å². The summed E-state index contributed by atoms with van der Waals surface area (Å²) in [6, 6.07) is 8.56.